The van der Waals surface area contributed by atoms with Gasteiger partial charge in [-0.05, 0) is 60.1 Å². The van der Waals surface area contributed by atoms with Crippen molar-refractivity contribution < 1.29 is 33.2 Å². The quantitative estimate of drug-likeness (QED) is 0.182. The molecule has 0 amide bonds. The number of aromatic hydroxyl groups is 1. The molecule has 4 aromatic rings. The second-order valence-electron chi connectivity index (χ2n) is 11.2. The van der Waals surface area contributed by atoms with Gasteiger partial charge in [0, 0.05) is 30.3 Å². The van der Waals surface area contributed by atoms with Crippen LogP contribution >= 0.6 is 0 Å². The van der Waals surface area contributed by atoms with Crippen LogP contribution in [0, 0.1) is 5.92 Å². The maximum absolute atomic E-state index is 13.0. The Morgan fingerprint density at radius 3 is 2.32 bits per heavy atom. The Kier molecular flexibility index (Phi) is 10.00. The number of phenols is 1. The van der Waals surface area contributed by atoms with Crippen LogP contribution in [-0.4, -0.2) is 54.9 Å². The molecule has 0 radical (unpaired) electrons. The normalized spacial score (nSPS) is 21.2. The average Bonchev–Trinajstić information content (AvgIpc) is 3.02. The third-order valence-electron chi connectivity index (χ3n) is 7.82. The third kappa shape index (κ3) is 7.65. The maximum atomic E-state index is 13.0. The number of phenolic OH excluding ortho intramolecular Hbond substituents is 1. The number of rotatable bonds is 11. The number of hydrogen-bond acceptors (Lipinski definition) is 8. The summed E-state index contributed by atoms with van der Waals surface area (Å²) in [6.07, 6.45) is -2.29. The van der Waals surface area contributed by atoms with Gasteiger partial charge in [-0.1, -0.05) is 73.7 Å². The lowest BCUT2D eigenvalue weighted by molar-refractivity contribution is -0.276. The van der Waals surface area contributed by atoms with Gasteiger partial charge in [0.05, 0.1) is 29.8 Å². The predicted molar refractivity (Wildman–Crippen MR) is 167 cm³/mol. The number of aliphatic hydroxyl groups is 2. The van der Waals surface area contributed by atoms with Crippen molar-refractivity contribution >= 4 is 15.7 Å². The largest absolute Gasteiger partial charge is 0.508 e. The molecule has 1 aliphatic rings. The lowest BCUT2D eigenvalue weighted by Gasteiger charge is -2.42. The molecular formula is C34H38N2O7S. The van der Waals surface area contributed by atoms with Crippen LogP contribution in [0.15, 0.2) is 108 Å². The Hall–Kier alpha value is -3.77. The van der Waals surface area contributed by atoms with Crippen molar-refractivity contribution in [3.63, 3.8) is 0 Å². The molecule has 1 fully saturated rings. The molecule has 232 valence electrons. The molecule has 9 nitrogen and oxygen atoms in total. The molecule has 1 saturated heterocycles. The van der Waals surface area contributed by atoms with Crippen molar-refractivity contribution in [2.75, 3.05) is 24.9 Å². The number of nitrogens with one attached hydrogen (secondary N) is 1. The summed E-state index contributed by atoms with van der Waals surface area (Å²) in [6.45, 7) is 2.78. The van der Waals surface area contributed by atoms with Crippen LogP contribution in [0.5, 0.6) is 5.75 Å². The maximum Gasteiger partial charge on any atom is 0.261 e. The summed E-state index contributed by atoms with van der Waals surface area (Å²) in [6, 6.07) is 29.3. The summed E-state index contributed by atoms with van der Waals surface area (Å²) in [5.41, 5.74) is 3.36. The SMILES string of the molecule is C[C@@H]1[C@H](CN(C)C[C@@H](O)c2cccc(O)c2)O[C@H](c2cccc(NS(=O)(=O)c3ccccc3)c2)O[C@@H]1c1ccc(CO)cc1. The molecule has 10 heteroatoms. The van der Waals surface area contributed by atoms with Crippen LogP contribution < -0.4 is 4.72 Å². The van der Waals surface area contributed by atoms with Gasteiger partial charge in [-0.3, -0.25) is 4.72 Å². The zero-order chi connectivity index (χ0) is 31.3. The molecule has 0 saturated carbocycles. The van der Waals surface area contributed by atoms with E-state index >= 15 is 0 Å². The van der Waals surface area contributed by atoms with E-state index in [4.69, 9.17) is 9.47 Å². The van der Waals surface area contributed by atoms with Crippen molar-refractivity contribution in [3.05, 3.63) is 125 Å². The van der Waals surface area contributed by atoms with Gasteiger partial charge in [-0.25, -0.2) is 8.42 Å². The Bertz CT molecular complexity index is 1630. The van der Waals surface area contributed by atoms with Crippen LogP contribution in [0.3, 0.4) is 0 Å². The predicted octanol–water partition coefficient (Wildman–Crippen LogP) is 5.14. The highest BCUT2D eigenvalue weighted by molar-refractivity contribution is 7.92. The minimum absolute atomic E-state index is 0.0618. The lowest BCUT2D eigenvalue weighted by atomic mass is 9.90. The molecule has 0 aliphatic carbocycles. The van der Waals surface area contributed by atoms with Crippen molar-refractivity contribution in [1.82, 2.24) is 4.90 Å². The van der Waals surface area contributed by atoms with Crippen LogP contribution in [0.25, 0.3) is 0 Å². The Morgan fingerprint density at radius 1 is 0.886 bits per heavy atom. The number of sulfonamides is 1. The number of benzene rings is 4. The fourth-order valence-corrected chi connectivity index (χ4v) is 6.48. The Labute approximate surface area is 258 Å². The Morgan fingerprint density at radius 2 is 1.61 bits per heavy atom. The van der Waals surface area contributed by atoms with Crippen molar-refractivity contribution in [3.8, 4) is 5.75 Å². The number of anilines is 1. The summed E-state index contributed by atoms with van der Waals surface area (Å²) >= 11 is 0. The monoisotopic (exact) mass is 618 g/mol. The molecule has 1 aliphatic heterocycles. The van der Waals surface area contributed by atoms with Crippen molar-refractivity contribution in [1.29, 1.82) is 0 Å². The second kappa shape index (κ2) is 13.9. The summed E-state index contributed by atoms with van der Waals surface area (Å²) in [4.78, 5) is 2.14. The van der Waals surface area contributed by atoms with E-state index in [9.17, 15) is 23.7 Å². The van der Waals surface area contributed by atoms with Crippen LogP contribution in [0.2, 0.25) is 0 Å². The number of hydrogen-bond donors (Lipinski definition) is 4. The number of ether oxygens (including phenoxy) is 2. The van der Waals surface area contributed by atoms with Crippen molar-refractivity contribution in [2.45, 2.75) is 43.0 Å². The van der Waals surface area contributed by atoms with Crippen LogP contribution in [-0.2, 0) is 26.1 Å². The number of aliphatic hydroxyl groups excluding tert-OH is 2. The van der Waals surface area contributed by atoms with E-state index < -0.39 is 22.4 Å². The molecule has 0 spiro atoms. The summed E-state index contributed by atoms with van der Waals surface area (Å²) < 4.78 is 41.6. The van der Waals surface area contributed by atoms with E-state index in [2.05, 4.69) is 11.6 Å². The van der Waals surface area contributed by atoms with E-state index in [0.717, 1.165) is 11.1 Å². The first-order valence-corrected chi connectivity index (χ1v) is 16.0. The van der Waals surface area contributed by atoms with E-state index in [0.29, 0.717) is 29.9 Å². The van der Waals surface area contributed by atoms with E-state index in [-0.39, 0.29) is 35.4 Å². The number of likely N-dealkylation sites (N-methyl/N-ethyl adjacent to an activating group) is 1. The highest BCUT2D eigenvalue weighted by Crippen LogP contribution is 2.42. The van der Waals surface area contributed by atoms with Crippen LogP contribution in [0.1, 0.15) is 47.7 Å². The molecule has 4 N–H and O–H groups in total. The third-order valence-corrected chi connectivity index (χ3v) is 9.22. The molecule has 0 bridgehead atoms. The summed E-state index contributed by atoms with van der Waals surface area (Å²) in [7, 11) is -1.89. The zero-order valence-electron chi connectivity index (χ0n) is 24.7. The fourth-order valence-electron chi connectivity index (χ4n) is 5.40. The van der Waals surface area contributed by atoms with Gasteiger partial charge in [-0.15, -0.1) is 0 Å². The molecule has 4 aromatic carbocycles. The van der Waals surface area contributed by atoms with Gasteiger partial charge in [0.1, 0.15) is 5.75 Å². The molecule has 1 heterocycles. The summed E-state index contributed by atoms with van der Waals surface area (Å²) in [5.74, 6) is 0.00290. The van der Waals surface area contributed by atoms with Crippen molar-refractivity contribution in [2.24, 2.45) is 5.92 Å². The second-order valence-corrected chi connectivity index (χ2v) is 12.9. The fraction of sp³-hybridized carbons (Fsp3) is 0.294. The van der Waals surface area contributed by atoms with Gasteiger partial charge in [0.15, 0.2) is 6.29 Å². The topological polar surface area (TPSA) is 129 Å². The van der Waals surface area contributed by atoms with E-state index in [1.54, 1.807) is 60.7 Å². The molecule has 5 rings (SSSR count). The number of nitrogens with zero attached hydrogens (tertiary/aromatic N) is 1. The summed E-state index contributed by atoms with van der Waals surface area (Å²) in [5, 5.41) is 30.2. The van der Waals surface area contributed by atoms with Gasteiger partial charge in [0.2, 0.25) is 0 Å². The van der Waals surface area contributed by atoms with E-state index in [1.165, 1.54) is 12.1 Å². The standard InChI is InChI=1S/C34H38N2O7S/c1-23-32(21-36(2)20-31(39)26-8-7-11-29(38)19-26)42-34(43-33(23)25-16-14-24(22-37)15-17-25)27-9-6-10-28(18-27)35-44(40,41)30-12-4-3-5-13-30/h3-19,23,31-35,37-39H,20-22H2,1-2H3/t23-,31-,32+,33+,34+/m1/s1. The molecule has 5 atom stereocenters. The van der Waals surface area contributed by atoms with Gasteiger partial charge in [0.25, 0.3) is 10.0 Å². The zero-order valence-corrected chi connectivity index (χ0v) is 25.5. The van der Waals surface area contributed by atoms with Crippen LogP contribution in [0.4, 0.5) is 5.69 Å². The average molecular weight is 619 g/mol. The minimum Gasteiger partial charge on any atom is -0.508 e. The van der Waals surface area contributed by atoms with Gasteiger partial charge in [-0.2, -0.15) is 0 Å². The van der Waals surface area contributed by atoms with Gasteiger partial charge >= 0.3 is 0 Å². The first kappa shape index (κ1) is 31.6. The molecule has 44 heavy (non-hydrogen) atoms. The van der Waals surface area contributed by atoms with E-state index in [1.807, 2.05) is 42.3 Å². The highest BCUT2D eigenvalue weighted by atomic mass is 32.2. The Balaban J connectivity index is 1.38. The first-order valence-electron chi connectivity index (χ1n) is 14.5. The first-order chi connectivity index (χ1) is 21.1. The lowest BCUT2D eigenvalue weighted by Crippen LogP contribution is -2.44. The highest BCUT2D eigenvalue weighted by Gasteiger charge is 2.39. The molecular weight excluding hydrogens is 580 g/mol. The smallest absolute Gasteiger partial charge is 0.261 e. The molecule has 0 unspecified atom stereocenters. The molecule has 0 aromatic heterocycles. The van der Waals surface area contributed by atoms with Gasteiger partial charge < -0.3 is 29.7 Å². The minimum atomic E-state index is -3.79.